The molecule has 8 nitrogen and oxygen atoms in total. The predicted octanol–water partition coefficient (Wildman–Crippen LogP) is 2.36. The topological polar surface area (TPSA) is 102 Å². The number of carbonyl (C=O) groups is 2. The van der Waals surface area contributed by atoms with Gasteiger partial charge in [-0.05, 0) is 34.6 Å². The summed E-state index contributed by atoms with van der Waals surface area (Å²) in [5.41, 5.74) is 5.39. The monoisotopic (exact) mass is 369 g/mol. The Balaban J connectivity index is 2.23. The van der Waals surface area contributed by atoms with Crippen LogP contribution in [0.4, 0.5) is 16.6 Å². The van der Waals surface area contributed by atoms with Gasteiger partial charge in [-0.25, -0.2) is 9.78 Å². The van der Waals surface area contributed by atoms with Crippen LogP contribution in [0.2, 0.25) is 5.15 Å². The molecule has 2 N–H and O–H groups in total. The molecule has 9 heteroatoms. The van der Waals surface area contributed by atoms with E-state index in [0.29, 0.717) is 25.5 Å². The van der Waals surface area contributed by atoms with Crippen LogP contribution in [0, 0.1) is 0 Å². The first kappa shape index (κ1) is 19.2. The van der Waals surface area contributed by atoms with E-state index >= 15 is 0 Å². The van der Waals surface area contributed by atoms with E-state index in [-0.39, 0.29) is 34.6 Å². The normalized spacial score (nSPS) is 18.2. The number of ether oxygens (including phenoxy) is 1. The standard InChI is InChI=1S/C16H24ClN5O3/c1-9-8-21(15(24)25-16(3,4)5)6-7-22(9)13-11(10(2)23)12(17)19-14(18)20-13/h9H,6-8H2,1-5H3,(H2,18,19,20)/t9-/m0/s1. The van der Waals surface area contributed by atoms with E-state index in [1.165, 1.54) is 6.92 Å². The molecule has 25 heavy (non-hydrogen) atoms. The fourth-order valence-corrected chi connectivity index (χ4v) is 3.02. The van der Waals surface area contributed by atoms with Crippen LogP contribution in [0.25, 0.3) is 0 Å². The van der Waals surface area contributed by atoms with Gasteiger partial charge in [-0.3, -0.25) is 4.79 Å². The van der Waals surface area contributed by atoms with E-state index < -0.39 is 5.60 Å². The number of amides is 1. The third kappa shape index (κ3) is 4.50. The van der Waals surface area contributed by atoms with Crippen molar-refractivity contribution in [3.63, 3.8) is 0 Å². The van der Waals surface area contributed by atoms with Gasteiger partial charge >= 0.3 is 6.09 Å². The average Bonchev–Trinajstić information content (AvgIpc) is 2.43. The Bertz CT molecular complexity index is 689. The molecule has 1 fully saturated rings. The first-order valence-corrected chi connectivity index (χ1v) is 8.46. The van der Waals surface area contributed by atoms with Crippen molar-refractivity contribution >= 4 is 35.2 Å². The zero-order valence-corrected chi connectivity index (χ0v) is 15.9. The van der Waals surface area contributed by atoms with Crippen LogP contribution in [0.5, 0.6) is 0 Å². The second-order valence-electron chi connectivity index (χ2n) is 7.10. The maximum absolute atomic E-state index is 12.3. The lowest BCUT2D eigenvalue weighted by molar-refractivity contribution is 0.0218. The van der Waals surface area contributed by atoms with Crippen molar-refractivity contribution in [1.29, 1.82) is 0 Å². The number of piperazine rings is 1. The number of Topliss-reactive ketones (excluding diaryl/α,β-unsaturated/α-hetero) is 1. The fraction of sp³-hybridized carbons (Fsp3) is 0.625. The molecule has 1 aromatic heterocycles. The molecule has 0 aliphatic carbocycles. The molecular weight excluding hydrogens is 346 g/mol. The number of aromatic nitrogens is 2. The molecule has 1 aromatic rings. The van der Waals surface area contributed by atoms with Gasteiger partial charge in [0.05, 0.1) is 5.56 Å². The van der Waals surface area contributed by atoms with E-state index in [1.54, 1.807) is 4.90 Å². The summed E-state index contributed by atoms with van der Waals surface area (Å²) in [5.74, 6) is 0.176. The number of ketones is 1. The third-order valence-electron chi connectivity index (χ3n) is 3.77. The van der Waals surface area contributed by atoms with Crippen LogP contribution < -0.4 is 10.6 Å². The second kappa shape index (κ2) is 7.03. The molecule has 0 radical (unpaired) electrons. The van der Waals surface area contributed by atoms with Crippen molar-refractivity contribution in [2.24, 2.45) is 0 Å². The summed E-state index contributed by atoms with van der Waals surface area (Å²) >= 11 is 6.09. The minimum atomic E-state index is -0.548. The number of hydrogen-bond donors (Lipinski definition) is 1. The SMILES string of the molecule is CC(=O)c1c(Cl)nc(N)nc1N1CCN(C(=O)OC(C)(C)C)C[C@@H]1C. The van der Waals surface area contributed by atoms with Gasteiger partial charge in [-0.1, -0.05) is 11.6 Å². The summed E-state index contributed by atoms with van der Waals surface area (Å²) in [6, 6.07) is -0.0928. The van der Waals surface area contributed by atoms with Crippen LogP contribution in [-0.2, 0) is 4.74 Å². The van der Waals surface area contributed by atoms with Crippen LogP contribution >= 0.6 is 11.6 Å². The Morgan fingerprint density at radius 2 is 1.92 bits per heavy atom. The summed E-state index contributed by atoms with van der Waals surface area (Å²) in [4.78, 5) is 35.8. The number of nitrogens with zero attached hydrogens (tertiary/aromatic N) is 4. The summed E-state index contributed by atoms with van der Waals surface area (Å²) in [7, 11) is 0. The van der Waals surface area contributed by atoms with Crippen molar-refractivity contribution in [1.82, 2.24) is 14.9 Å². The van der Waals surface area contributed by atoms with Crippen LogP contribution in [0.15, 0.2) is 0 Å². The smallest absolute Gasteiger partial charge is 0.410 e. The molecule has 0 aromatic carbocycles. The molecule has 1 aliphatic heterocycles. The lowest BCUT2D eigenvalue weighted by atomic mass is 10.1. The van der Waals surface area contributed by atoms with Crippen LogP contribution in [0.1, 0.15) is 45.0 Å². The van der Waals surface area contributed by atoms with Gasteiger partial charge in [0.1, 0.15) is 16.6 Å². The van der Waals surface area contributed by atoms with Gasteiger partial charge in [0.25, 0.3) is 0 Å². The van der Waals surface area contributed by atoms with Crippen LogP contribution in [0.3, 0.4) is 0 Å². The Labute approximate surface area is 152 Å². The lowest BCUT2D eigenvalue weighted by Gasteiger charge is -2.41. The van der Waals surface area contributed by atoms with Crippen molar-refractivity contribution in [2.45, 2.75) is 46.3 Å². The first-order chi connectivity index (χ1) is 11.5. The Morgan fingerprint density at radius 1 is 1.28 bits per heavy atom. The van der Waals surface area contributed by atoms with Crippen molar-refractivity contribution < 1.29 is 14.3 Å². The average molecular weight is 370 g/mol. The molecule has 2 heterocycles. The molecule has 138 valence electrons. The zero-order chi connectivity index (χ0) is 18.9. The number of hydrogen-bond acceptors (Lipinski definition) is 7. The Kier molecular flexibility index (Phi) is 5.41. The number of nitrogens with two attached hydrogens (primary N) is 1. The highest BCUT2D eigenvalue weighted by Gasteiger charge is 2.32. The number of rotatable bonds is 2. The van der Waals surface area contributed by atoms with E-state index in [4.69, 9.17) is 22.1 Å². The summed E-state index contributed by atoms with van der Waals surface area (Å²) in [6.07, 6.45) is -0.356. The summed E-state index contributed by atoms with van der Waals surface area (Å²) in [6.45, 7) is 10.2. The van der Waals surface area contributed by atoms with E-state index in [1.807, 2.05) is 32.6 Å². The third-order valence-corrected chi connectivity index (χ3v) is 4.04. The van der Waals surface area contributed by atoms with E-state index in [9.17, 15) is 9.59 Å². The molecule has 2 rings (SSSR count). The van der Waals surface area contributed by atoms with E-state index in [2.05, 4.69) is 9.97 Å². The molecule has 1 amide bonds. The van der Waals surface area contributed by atoms with Gasteiger partial charge in [-0.2, -0.15) is 4.98 Å². The molecule has 1 atom stereocenters. The maximum Gasteiger partial charge on any atom is 0.410 e. The summed E-state index contributed by atoms with van der Waals surface area (Å²) < 4.78 is 5.41. The minimum absolute atomic E-state index is 0.00627. The summed E-state index contributed by atoms with van der Waals surface area (Å²) in [5, 5.41) is 0.0387. The fourth-order valence-electron chi connectivity index (χ4n) is 2.71. The number of carbonyl (C=O) groups excluding carboxylic acids is 2. The highest BCUT2D eigenvalue weighted by molar-refractivity contribution is 6.33. The molecule has 0 saturated carbocycles. The highest BCUT2D eigenvalue weighted by atomic mass is 35.5. The lowest BCUT2D eigenvalue weighted by Crippen LogP contribution is -2.55. The van der Waals surface area contributed by atoms with Gasteiger partial charge in [-0.15, -0.1) is 0 Å². The van der Waals surface area contributed by atoms with Crippen molar-refractivity contribution in [2.75, 3.05) is 30.3 Å². The molecule has 1 aliphatic rings. The predicted molar refractivity (Wildman–Crippen MR) is 96.1 cm³/mol. The molecule has 1 saturated heterocycles. The number of nitrogen functional groups attached to an aromatic ring is 1. The quantitative estimate of drug-likeness (QED) is 0.630. The zero-order valence-electron chi connectivity index (χ0n) is 15.2. The number of halogens is 1. The van der Waals surface area contributed by atoms with Gasteiger partial charge in [0.2, 0.25) is 5.95 Å². The largest absolute Gasteiger partial charge is 0.444 e. The highest BCUT2D eigenvalue weighted by Crippen LogP contribution is 2.29. The van der Waals surface area contributed by atoms with Crippen molar-refractivity contribution in [3.05, 3.63) is 10.7 Å². The first-order valence-electron chi connectivity index (χ1n) is 8.08. The van der Waals surface area contributed by atoms with Gasteiger partial charge in [0, 0.05) is 25.7 Å². The van der Waals surface area contributed by atoms with Gasteiger partial charge < -0.3 is 20.3 Å². The molecular formula is C16H24ClN5O3. The minimum Gasteiger partial charge on any atom is -0.444 e. The van der Waals surface area contributed by atoms with Crippen LogP contribution in [-0.4, -0.2) is 58.0 Å². The van der Waals surface area contributed by atoms with Crippen molar-refractivity contribution in [3.8, 4) is 0 Å². The Hall–Kier alpha value is -2.09. The molecule has 0 spiro atoms. The Morgan fingerprint density at radius 3 is 2.44 bits per heavy atom. The number of anilines is 2. The van der Waals surface area contributed by atoms with Gasteiger partial charge in [0.15, 0.2) is 5.78 Å². The van der Waals surface area contributed by atoms with E-state index in [0.717, 1.165) is 0 Å². The molecule has 0 bridgehead atoms. The molecule has 0 unspecified atom stereocenters. The second-order valence-corrected chi connectivity index (χ2v) is 7.45. The maximum atomic E-state index is 12.3.